The van der Waals surface area contributed by atoms with Gasteiger partial charge in [-0.1, -0.05) is 11.6 Å². The fourth-order valence-corrected chi connectivity index (χ4v) is 1.99. The highest BCUT2D eigenvalue weighted by Crippen LogP contribution is 2.31. The molecule has 0 aromatic heterocycles. The topological polar surface area (TPSA) is 64.4 Å². The van der Waals surface area contributed by atoms with Gasteiger partial charge in [-0.05, 0) is 32.0 Å². The van der Waals surface area contributed by atoms with E-state index in [0.717, 1.165) is 25.9 Å². The Hall–Kier alpha value is -1.33. The molecule has 1 aromatic carbocycles. The Bertz CT molecular complexity index is 419. The molecule has 1 N–H and O–H groups in total. The van der Waals surface area contributed by atoms with Crippen LogP contribution in [0.3, 0.4) is 0 Å². The first-order chi connectivity index (χ1) is 8.16. The number of benzene rings is 1. The van der Waals surface area contributed by atoms with Crippen molar-refractivity contribution in [2.45, 2.75) is 18.9 Å². The zero-order valence-corrected chi connectivity index (χ0v) is 9.94. The number of hydrogen-bond acceptors (Lipinski definition) is 4. The van der Waals surface area contributed by atoms with E-state index in [4.69, 9.17) is 16.3 Å². The predicted octanol–water partition coefficient (Wildman–Crippen LogP) is 2.38. The van der Waals surface area contributed by atoms with Crippen LogP contribution in [0.15, 0.2) is 18.2 Å². The van der Waals surface area contributed by atoms with E-state index in [-0.39, 0.29) is 17.5 Å². The van der Waals surface area contributed by atoms with Crippen LogP contribution in [0.25, 0.3) is 0 Å². The molecule has 1 fully saturated rings. The SMILES string of the molecule is O=[N+]([O-])c1ccc(Cl)cc1OC1CCNCC1. The van der Waals surface area contributed by atoms with Crippen molar-refractivity contribution in [3.05, 3.63) is 33.3 Å². The summed E-state index contributed by atoms with van der Waals surface area (Å²) in [5, 5.41) is 14.5. The van der Waals surface area contributed by atoms with Crippen LogP contribution >= 0.6 is 11.6 Å². The molecule has 1 aromatic rings. The molecule has 2 rings (SSSR count). The molecule has 0 atom stereocenters. The first-order valence-electron chi connectivity index (χ1n) is 5.48. The number of ether oxygens (including phenoxy) is 1. The summed E-state index contributed by atoms with van der Waals surface area (Å²) < 4.78 is 5.66. The van der Waals surface area contributed by atoms with Gasteiger partial charge in [0.1, 0.15) is 6.10 Å². The van der Waals surface area contributed by atoms with Crippen LogP contribution in [-0.4, -0.2) is 24.1 Å². The lowest BCUT2D eigenvalue weighted by Gasteiger charge is -2.23. The number of nitrogens with one attached hydrogen (secondary N) is 1. The van der Waals surface area contributed by atoms with E-state index in [1.54, 1.807) is 0 Å². The van der Waals surface area contributed by atoms with Gasteiger partial charge in [-0.2, -0.15) is 0 Å². The van der Waals surface area contributed by atoms with Crippen LogP contribution in [0.5, 0.6) is 5.75 Å². The molecule has 0 unspecified atom stereocenters. The summed E-state index contributed by atoms with van der Waals surface area (Å²) in [6.07, 6.45) is 1.72. The van der Waals surface area contributed by atoms with Gasteiger partial charge >= 0.3 is 5.69 Å². The Morgan fingerprint density at radius 2 is 2.12 bits per heavy atom. The molecule has 92 valence electrons. The van der Waals surface area contributed by atoms with E-state index >= 15 is 0 Å². The van der Waals surface area contributed by atoms with Gasteiger partial charge in [0.15, 0.2) is 5.75 Å². The lowest BCUT2D eigenvalue weighted by atomic mass is 10.1. The molecule has 0 radical (unpaired) electrons. The van der Waals surface area contributed by atoms with E-state index in [1.165, 1.54) is 18.2 Å². The third kappa shape index (κ3) is 3.08. The summed E-state index contributed by atoms with van der Waals surface area (Å²) in [4.78, 5) is 10.4. The second-order valence-electron chi connectivity index (χ2n) is 3.94. The standard InChI is InChI=1S/C11H13ClN2O3/c12-8-1-2-10(14(15)16)11(7-8)17-9-3-5-13-6-4-9/h1-2,7,9,13H,3-6H2. The van der Waals surface area contributed by atoms with Crippen LogP contribution in [-0.2, 0) is 0 Å². The van der Waals surface area contributed by atoms with Gasteiger partial charge in [0.05, 0.1) is 4.92 Å². The van der Waals surface area contributed by atoms with Gasteiger partial charge in [0.2, 0.25) is 0 Å². The van der Waals surface area contributed by atoms with Crippen molar-refractivity contribution in [2.75, 3.05) is 13.1 Å². The predicted molar refractivity (Wildman–Crippen MR) is 64.6 cm³/mol. The highest BCUT2D eigenvalue weighted by Gasteiger charge is 2.21. The molecule has 0 bridgehead atoms. The van der Waals surface area contributed by atoms with Crippen molar-refractivity contribution in [1.82, 2.24) is 5.32 Å². The zero-order valence-electron chi connectivity index (χ0n) is 9.19. The molecule has 6 heteroatoms. The maximum Gasteiger partial charge on any atom is 0.311 e. The molecule has 5 nitrogen and oxygen atoms in total. The van der Waals surface area contributed by atoms with E-state index in [2.05, 4.69) is 5.32 Å². The first-order valence-corrected chi connectivity index (χ1v) is 5.86. The van der Waals surface area contributed by atoms with Crippen LogP contribution in [0.1, 0.15) is 12.8 Å². The summed E-state index contributed by atoms with van der Waals surface area (Å²) >= 11 is 5.82. The van der Waals surface area contributed by atoms with E-state index < -0.39 is 4.92 Å². The molecule has 0 saturated carbocycles. The minimum Gasteiger partial charge on any atom is -0.483 e. The van der Waals surface area contributed by atoms with Crippen LogP contribution in [0.2, 0.25) is 5.02 Å². The molecule has 0 aliphatic carbocycles. The summed E-state index contributed by atoms with van der Waals surface area (Å²) in [6.45, 7) is 1.75. The van der Waals surface area contributed by atoms with Crippen molar-refractivity contribution in [2.24, 2.45) is 0 Å². The van der Waals surface area contributed by atoms with Crippen molar-refractivity contribution in [1.29, 1.82) is 0 Å². The Kier molecular flexibility index (Phi) is 3.81. The minimum absolute atomic E-state index is 0.0217. The molecule has 0 spiro atoms. The molecular weight excluding hydrogens is 244 g/mol. The van der Waals surface area contributed by atoms with Crippen molar-refractivity contribution in [3.63, 3.8) is 0 Å². The van der Waals surface area contributed by atoms with Crippen LogP contribution in [0.4, 0.5) is 5.69 Å². The third-order valence-electron chi connectivity index (χ3n) is 2.70. The smallest absolute Gasteiger partial charge is 0.311 e. The van der Waals surface area contributed by atoms with Gasteiger partial charge in [0, 0.05) is 17.2 Å². The molecule has 0 amide bonds. The van der Waals surface area contributed by atoms with E-state index in [1.807, 2.05) is 0 Å². The largest absolute Gasteiger partial charge is 0.483 e. The second-order valence-corrected chi connectivity index (χ2v) is 4.37. The van der Waals surface area contributed by atoms with Gasteiger partial charge in [-0.25, -0.2) is 0 Å². The fourth-order valence-electron chi connectivity index (χ4n) is 1.83. The third-order valence-corrected chi connectivity index (χ3v) is 2.93. The van der Waals surface area contributed by atoms with Gasteiger partial charge in [0.25, 0.3) is 0 Å². The number of nitro benzene ring substituents is 1. The maximum atomic E-state index is 10.8. The number of rotatable bonds is 3. The lowest BCUT2D eigenvalue weighted by molar-refractivity contribution is -0.386. The quantitative estimate of drug-likeness (QED) is 0.666. The number of piperidine rings is 1. The van der Waals surface area contributed by atoms with Crippen molar-refractivity contribution in [3.8, 4) is 5.75 Å². The molecule has 1 heterocycles. The summed E-state index contributed by atoms with van der Waals surface area (Å²) in [5.74, 6) is 0.259. The van der Waals surface area contributed by atoms with Crippen molar-refractivity contribution < 1.29 is 9.66 Å². The minimum atomic E-state index is -0.452. The average Bonchev–Trinajstić information content (AvgIpc) is 2.30. The summed E-state index contributed by atoms with van der Waals surface area (Å²) in [6, 6.07) is 4.37. The Morgan fingerprint density at radius 1 is 1.41 bits per heavy atom. The summed E-state index contributed by atoms with van der Waals surface area (Å²) in [7, 11) is 0. The zero-order chi connectivity index (χ0) is 12.3. The molecule has 1 saturated heterocycles. The fraction of sp³-hybridized carbons (Fsp3) is 0.455. The molecule has 1 aliphatic rings. The lowest BCUT2D eigenvalue weighted by Crippen LogP contribution is -2.34. The van der Waals surface area contributed by atoms with Crippen LogP contribution < -0.4 is 10.1 Å². The highest BCUT2D eigenvalue weighted by molar-refractivity contribution is 6.30. The number of hydrogen-bond donors (Lipinski definition) is 1. The van der Waals surface area contributed by atoms with Gasteiger partial charge in [-0.3, -0.25) is 10.1 Å². The average molecular weight is 257 g/mol. The Labute approximate surface area is 104 Å². The maximum absolute atomic E-state index is 10.8. The molecule has 1 aliphatic heterocycles. The number of nitrogens with zero attached hydrogens (tertiary/aromatic N) is 1. The normalized spacial score (nSPS) is 16.8. The van der Waals surface area contributed by atoms with Gasteiger partial charge in [-0.15, -0.1) is 0 Å². The molecule has 17 heavy (non-hydrogen) atoms. The highest BCUT2D eigenvalue weighted by atomic mass is 35.5. The first kappa shape index (κ1) is 12.1. The monoisotopic (exact) mass is 256 g/mol. The second kappa shape index (κ2) is 5.33. The van der Waals surface area contributed by atoms with Gasteiger partial charge < -0.3 is 10.1 Å². The van der Waals surface area contributed by atoms with E-state index in [0.29, 0.717) is 5.02 Å². The van der Waals surface area contributed by atoms with Crippen LogP contribution in [0, 0.1) is 10.1 Å². The Morgan fingerprint density at radius 3 is 2.76 bits per heavy atom. The molecular formula is C11H13ClN2O3. The summed E-state index contributed by atoms with van der Waals surface area (Å²) in [5.41, 5.74) is -0.0343. The number of nitro groups is 1. The number of halogens is 1. The van der Waals surface area contributed by atoms with E-state index in [9.17, 15) is 10.1 Å². The van der Waals surface area contributed by atoms with Crippen molar-refractivity contribution >= 4 is 17.3 Å². The Balaban J connectivity index is 2.17.